The molecular formula is C19H24N6S. The fourth-order valence-electron chi connectivity index (χ4n) is 3.08. The molecule has 26 heavy (non-hydrogen) atoms. The second kappa shape index (κ2) is 6.57. The monoisotopic (exact) mass is 368 g/mol. The molecule has 0 aliphatic rings. The van der Waals surface area contributed by atoms with Gasteiger partial charge in [0.2, 0.25) is 0 Å². The van der Waals surface area contributed by atoms with Crippen LogP contribution in [0, 0.1) is 0 Å². The smallest absolute Gasteiger partial charge is 0.148 e. The fraction of sp³-hybridized carbons (Fsp3) is 0.316. The molecule has 0 radical (unpaired) electrons. The van der Waals surface area contributed by atoms with Crippen LogP contribution < -0.4 is 16.8 Å². The maximum Gasteiger partial charge on any atom is 0.148 e. The molecular weight excluding hydrogens is 344 g/mol. The van der Waals surface area contributed by atoms with E-state index in [-0.39, 0.29) is 10.4 Å². The summed E-state index contributed by atoms with van der Waals surface area (Å²) in [5.74, 6) is 1.16. The lowest BCUT2D eigenvalue weighted by Gasteiger charge is -2.19. The van der Waals surface area contributed by atoms with E-state index < -0.39 is 0 Å². The number of nitrogens with one attached hydrogen (secondary N) is 1. The van der Waals surface area contributed by atoms with Gasteiger partial charge in [-0.05, 0) is 16.5 Å². The Morgan fingerprint density at radius 2 is 1.85 bits per heavy atom. The highest BCUT2D eigenvalue weighted by Crippen LogP contribution is 2.32. The lowest BCUT2D eigenvalue weighted by molar-refractivity contribution is 0.590. The van der Waals surface area contributed by atoms with E-state index in [2.05, 4.69) is 60.3 Å². The molecule has 0 atom stereocenters. The summed E-state index contributed by atoms with van der Waals surface area (Å²) < 4.78 is 1.93. The molecule has 136 valence electrons. The van der Waals surface area contributed by atoms with Crippen molar-refractivity contribution in [1.82, 2.24) is 14.5 Å². The first-order valence-electron chi connectivity index (χ1n) is 8.43. The number of nitrogen functional groups attached to an aromatic ring is 1. The van der Waals surface area contributed by atoms with E-state index in [4.69, 9.17) is 23.7 Å². The van der Waals surface area contributed by atoms with Crippen molar-refractivity contribution in [3.8, 4) is 0 Å². The summed E-state index contributed by atoms with van der Waals surface area (Å²) in [5.41, 5.74) is 16.2. The maximum atomic E-state index is 6.39. The van der Waals surface area contributed by atoms with Crippen LogP contribution in [0.3, 0.4) is 0 Å². The quantitative estimate of drug-likeness (QED) is 0.613. The van der Waals surface area contributed by atoms with Gasteiger partial charge in [-0.3, -0.25) is 0 Å². The lowest BCUT2D eigenvalue weighted by atomic mass is 9.87. The van der Waals surface area contributed by atoms with Gasteiger partial charge in [0.1, 0.15) is 28.6 Å². The largest absolute Gasteiger partial charge is 0.389 e. The predicted molar refractivity (Wildman–Crippen MR) is 112 cm³/mol. The first-order valence-corrected chi connectivity index (χ1v) is 8.84. The van der Waals surface area contributed by atoms with Gasteiger partial charge < -0.3 is 21.4 Å². The Labute approximate surface area is 158 Å². The summed E-state index contributed by atoms with van der Waals surface area (Å²) in [4.78, 5) is 8.92. The molecule has 0 aliphatic heterocycles. The zero-order chi connectivity index (χ0) is 19.1. The average Bonchev–Trinajstić information content (AvgIpc) is 2.87. The molecule has 2 aromatic heterocycles. The summed E-state index contributed by atoms with van der Waals surface area (Å²) >= 11 is 5.22. The predicted octanol–water partition coefficient (Wildman–Crippen LogP) is 3.04. The highest BCUT2D eigenvalue weighted by molar-refractivity contribution is 7.80. The lowest BCUT2D eigenvalue weighted by Crippen LogP contribution is -2.13. The Morgan fingerprint density at radius 3 is 2.38 bits per heavy atom. The van der Waals surface area contributed by atoms with Crippen LogP contribution in [0.4, 0.5) is 11.6 Å². The van der Waals surface area contributed by atoms with Crippen molar-refractivity contribution in [2.75, 3.05) is 18.1 Å². The minimum Gasteiger partial charge on any atom is -0.389 e. The Bertz CT molecular complexity index is 966. The van der Waals surface area contributed by atoms with Gasteiger partial charge in [0.15, 0.2) is 0 Å². The normalized spacial score (nSPS) is 11.7. The van der Waals surface area contributed by atoms with E-state index in [1.165, 1.54) is 11.9 Å². The molecule has 0 fully saturated rings. The first-order chi connectivity index (χ1) is 12.2. The zero-order valence-electron chi connectivity index (χ0n) is 15.5. The highest BCUT2D eigenvalue weighted by Gasteiger charge is 2.21. The zero-order valence-corrected chi connectivity index (χ0v) is 16.3. The third-order valence-corrected chi connectivity index (χ3v) is 4.73. The molecule has 6 nitrogen and oxygen atoms in total. The number of anilines is 2. The van der Waals surface area contributed by atoms with Crippen LogP contribution in [0.2, 0.25) is 0 Å². The van der Waals surface area contributed by atoms with Crippen molar-refractivity contribution in [2.45, 2.75) is 32.7 Å². The van der Waals surface area contributed by atoms with Gasteiger partial charge in [-0.2, -0.15) is 0 Å². The number of nitrogens with zero attached hydrogens (tertiary/aromatic N) is 3. The second-order valence-electron chi connectivity index (χ2n) is 7.33. The summed E-state index contributed by atoms with van der Waals surface area (Å²) in [6.45, 7) is 7.17. The third kappa shape index (κ3) is 3.10. The molecule has 0 aliphatic carbocycles. The second-order valence-corrected chi connectivity index (χ2v) is 7.77. The number of fused-ring (bicyclic) bond motifs is 1. The molecule has 0 amide bonds. The maximum absolute atomic E-state index is 6.39. The van der Waals surface area contributed by atoms with E-state index in [9.17, 15) is 0 Å². The van der Waals surface area contributed by atoms with Crippen LogP contribution in [-0.2, 0) is 12.0 Å². The van der Waals surface area contributed by atoms with Crippen molar-refractivity contribution < 1.29 is 0 Å². The molecule has 0 saturated heterocycles. The van der Waals surface area contributed by atoms with Gasteiger partial charge in [0.05, 0.1) is 17.5 Å². The number of hydrogen-bond donors (Lipinski definition) is 3. The van der Waals surface area contributed by atoms with Crippen LogP contribution in [0.5, 0.6) is 0 Å². The number of aromatic nitrogens is 3. The van der Waals surface area contributed by atoms with Gasteiger partial charge in [-0.15, -0.1) is 0 Å². The van der Waals surface area contributed by atoms with Crippen molar-refractivity contribution in [3.05, 3.63) is 47.3 Å². The Balaban J connectivity index is 2.11. The molecule has 1 aromatic carbocycles. The van der Waals surface area contributed by atoms with Crippen LogP contribution in [-0.4, -0.2) is 26.6 Å². The minimum atomic E-state index is 0.117. The van der Waals surface area contributed by atoms with Gasteiger partial charge >= 0.3 is 0 Å². The Kier molecular flexibility index (Phi) is 4.58. The van der Waals surface area contributed by atoms with Gasteiger partial charge in [0, 0.05) is 7.05 Å². The van der Waals surface area contributed by atoms with E-state index in [1.807, 2.05) is 4.57 Å². The van der Waals surface area contributed by atoms with Crippen molar-refractivity contribution in [1.29, 1.82) is 0 Å². The van der Waals surface area contributed by atoms with Crippen LogP contribution in [0.1, 0.15) is 37.5 Å². The molecule has 3 aromatic rings. The standard InChI is InChI=1S/C19H24N6S/c1-19(2,3)12-7-5-11(6-8-12)9-25-15(20)13(16(21)26)14-17(22-4)23-10-24-18(14)25/h5-8,10H,9,20H2,1-4H3,(H2,21,26)(H,22,23,24). The highest BCUT2D eigenvalue weighted by atomic mass is 32.1. The van der Waals surface area contributed by atoms with Crippen molar-refractivity contribution in [2.24, 2.45) is 5.73 Å². The Hall–Kier alpha value is -2.67. The molecule has 3 rings (SSSR count). The third-order valence-electron chi connectivity index (χ3n) is 4.52. The summed E-state index contributed by atoms with van der Waals surface area (Å²) in [7, 11) is 1.80. The number of benzene rings is 1. The Morgan fingerprint density at radius 1 is 1.19 bits per heavy atom. The number of thiocarbonyl (C=S) groups is 1. The molecule has 0 saturated carbocycles. The van der Waals surface area contributed by atoms with Crippen molar-refractivity contribution >= 4 is 39.9 Å². The van der Waals surface area contributed by atoms with Crippen LogP contribution in [0.25, 0.3) is 11.0 Å². The fourth-order valence-corrected chi connectivity index (χ4v) is 3.29. The van der Waals surface area contributed by atoms with Gasteiger partial charge in [-0.1, -0.05) is 57.3 Å². The van der Waals surface area contributed by atoms with E-state index in [0.717, 1.165) is 10.9 Å². The van der Waals surface area contributed by atoms with E-state index in [0.29, 0.717) is 29.4 Å². The molecule has 5 N–H and O–H groups in total. The molecule has 2 heterocycles. The summed E-state index contributed by atoms with van der Waals surface area (Å²) in [6, 6.07) is 8.54. The van der Waals surface area contributed by atoms with Gasteiger partial charge in [0.25, 0.3) is 0 Å². The van der Waals surface area contributed by atoms with E-state index >= 15 is 0 Å². The first kappa shape index (κ1) is 18.1. The number of nitrogens with two attached hydrogens (primary N) is 2. The van der Waals surface area contributed by atoms with Crippen LogP contribution >= 0.6 is 12.2 Å². The number of rotatable bonds is 4. The summed E-state index contributed by atoms with van der Waals surface area (Å²) in [6.07, 6.45) is 1.51. The molecule has 0 unspecified atom stereocenters. The van der Waals surface area contributed by atoms with Gasteiger partial charge in [-0.25, -0.2) is 9.97 Å². The summed E-state index contributed by atoms with van der Waals surface area (Å²) in [5, 5.41) is 3.81. The SMILES string of the molecule is CNc1ncnc2c1c(C(N)=S)c(N)n2Cc1ccc(C(C)(C)C)cc1. The molecule has 0 bridgehead atoms. The topological polar surface area (TPSA) is 94.8 Å². The van der Waals surface area contributed by atoms with Crippen molar-refractivity contribution in [3.63, 3.8) is 0 Å². The van der Waals surface area contributed by atoms with E-state index in [1.54, 1.807) is 7.05 Å². The molecule has 0 spiro atoms. The molecule has 7 heteroatoms. The number of hydrogen-bond acceptors (Lipinski definition) is 5. The van der Waals surface area contributed by atoms with Crippen LogP contribution in [0.15, 0.2) is 30.6 Å². The average molecular weight is 369 g/mol. The minimum absolute atomic E-state index is 0.117.